The molecule has 2 aromatic rings. The molecule has 0 aliphatic heterocycles. The number of benzene rings is 1. The summed E-state index contributed by atoms with van der Waals surface area (Å²) in [6.07, 6.45) is 3.33. The van der Waals surface area contributed by atoms with Crippen LogP contribution in [-0.4, -0.2) is 16.2 Å². The molecule has 5 heteroatoms. The zero-order chi connectivity index (χ0) is 13.2. The Morgan fingerprint density at radius 1 is 1.26 bits per heavy atom. The van der Waals surface area contributed by atoms with Crippen LogP contribution in [0, 0.1) is 0 Å². The van der Waals surface area contributed by atoms with Gasteiger partial charge in [-0.15, -0.1) is 10.2 Å². The van der Waals surface area contributed by atoms with Crippen molar-refractivity contribution in [1.29, 1.82) is 0 Å². The van der Waals surface area contributed by atoms with Gasteiger partial charge in [0, 0.05) is 10.5 Å². The van der Waals surface area contributed by atoms with E-state index in [-0.39, 0.29) is 0 Å². The molecule has 3 rings (SSSR count). The molecule has 1 aromatic heterocycles. The molecule has 1 heterocycles. The molecule has 0 saturated heterocycles. The van der Waals surface area contributed by atoms with E-state index in [1.54, 1.807) is 11.3 Å². The maximum Gasteiger partial charge on any atom is 0.205 e. The fourth-order valence-corrected chi connectivity index (χ4v) is 3.39. The van der Waals surface area contributed by atoms with Crippen LogP contribution in [0.4, 0.5) is 5.13 Å². The lowest BCUT2D eigenvalue weighted by Crippen LogP contribution is -2.33. The van der Waals surface area contributed by atoms with Crippen LogP contribution in [0.3, 0.4) is 0 Å². The van der Waals surface area contributed by atoms with Crippen LogP contribution in [0.15, 0.2) is 28.7 Å². The van der Waals surface area contributed by atoms with E-state index >= 15 is 0 Å². The third-order valence-electron chi connectivity index (χ3n) is 3.58. The van der Waals surface area contributed by atoms with Gasteiger partial charge in [0.25, 0.3) is 0 Å². The number of halogens is 1. The van der Waals surface area contributed by atoms with Crippen LogP contribution >= 0.6 is 27.3 Å². The topological polar surface area (TPSA) is 37.8 Å². The van der Waals surface area contributed by atoms with Crippen LogP contribution < -0.4 is 5.32 Å². The van der Waals surface area contributed by atoms with Gasteiger partial charge in [0.1, 0.15) is 5.01 Å². The van der Waals surface area contributed by atoms with Crippen LogP contribution in [0.5, 0.6) is 0 Å². The highest BCUT2D eigenvalue weighted by Crippen LogP contribution is 2.39. The number of hydrogen-bond acceptors (Lipinski definition) is 4. The first-order valence-corrected chi connectivity index (χ1v) is 8.20. The van der Waals surface area contributed by atoms with Gasteiger partial charge in [-0.05, 0) is 42.9 Å². The molecule has 1 aromatic carbocycles. The van der Waals surface area contributed by atoms with E-state index in [1.807, 2.05) is 0 Å². The fraction of sp³-hybridized carbons (Fsp3) is 0.429. The second kappa shape index (κ2) is 5.59. The van der Waals surface area contributed by atoms with E-state index in [1.165, 1.54) is 18.4 Å². The van der Waals surface area contributed by atoms with Gasteiger partial charge in [0.15, 0.2) is 0 Å². The first-order chi connectivity index (χ1) is 9.24. The molecular weight excluding hydrogens is 322 g/mol. The Hall–Kier alpha value is -0.940. The van der Waals surface area contributed by atoms with Crippen molar-refractivity contribution in [3.63, 3.8) is 0 Å². The van der Waals surface area contributed by atoms with Crippen molar-refractivity contribution in [2.75, 3.05) is 5.32 Å². The molecular formula is C14H16BrN3S. The number of anilines is 1. The summed E-state index contributed by atoms with van der Waals surface area (Å²) < 4.78 is 1.14. The summed E-state index contributed by atoms with van der Waals surface area (Å²) in [7, 11) is 0. The second-order valence-corrected chi connectivity index (χ2v) is 6.89. The Morgan fingerprint density at radius 3 is 2.63 bits per heavy atom. The SMILES string of the molecule is CCc1nnc(NC2CC(c3ccc(Br)cc3)C2)s1. The fourth-order valence-electron chi connectivity index (χ4n) is 2.37. The monoisotopic (exact) mass is 337 g/mol. The molecule has 1 fully saturated rings. The Kier molecular flexibility index (Phi) is 3.84. The molecule has 19 heavy (non-hydrogen) atoms. The lowest BCUT2D eigenvalue weighted by atomic mass is 9.76. The van der Waals surface area contributed by atoms with Crippen molar-refractivity contribution in [3.8, 4) is 0 Å². The predicted molar refractivity (Wildman–Crippen MR) is 82.8 cm³/mol. The lowest BCUT2D eigenvalue weighted by molar-refractivity contribution is 0.374. The third-order valence-corrected chi connectivity index (χ3v) is 5.10. The molecule has 1 aliphatic carbocycles. The number of rotatable bonds is 4. The van der Waals surface area contributed by atoms with Crippen molar-refractivity contribution in [2.24, 2.45) is 0 Å². The quantitative estimate of drug-likeness (QED) is 0.907. The molecule has 1 aliphatic rings. The molecule has 1 N–H and O–H groups in total. The summed E-state index contributed by atoms with van der Waals surface area (Å²) in [5, 5.41) is 13.9. The minimum absolute atomic E-state index is 0.548. The van der Waals surface area contributed by atoms with Crippen LogP contribution in [0.1, 0.15) is 36.3 Å². The predicted octanol–water partition coefficient (Wildman–Crippen LogP) is 4.22. The largest absolute Gasteiger partial charge is 0.357 e. The average Bonchev–Trinajstić information content (AvgIpc) is 2.82. The number of aromatic nitrogens is 2. The number of nitrogens with one attached hydrogen (secondary N) is 1. The van der Waals surface area contributed by atoms with Gasteiger partial charge in [-0.2, -0.15) is 0 Å². The Labute approximate surface area is 125 Å². The minimum atomic E-state index is 0.548. The Balaban J connectivity index is 1.53. The summed E-state index contributed by atoms with van der Waals surface area (Å²) in [6, 6.07) is 9.21. The molecule has 3 nitrogen and oxygen atoms in total. The van der Waals surface area contributed by atoms with Gasteiger partial charge in [-0.1, -0.05) is 46.3 Å². The molecule has 1 saturated carbocycles. The minimum Gasteiger partial charge on any atom is -0.357 e. The van der Waals surface area contributed by atoms with E-state index in [4.69, 9.17) is 0 Å². The Morgan fingerprint density at radius 2 is 2.00 bits per heavy atom. The van der Waals surface area contributed by atoms with Crippen molar-refractivity contribution in [2.45, 2.75) is 38.1 Å². The van der Waals surface area contributed by atoms with E-state index in [9.17, 15) is 0 Å². The second-order valence-electron chi connectivity index (χ2n) is 4.92. The molecule has 0 atom stereocenters. The zero-order valence-corrected chi connectivity index (χ0v) is 13.2. The summed E-state index contributed by atoms with van der Waals surface area (Å²) in [6.45, 7) is 2.11. The van der Waals surface area contributed by atoms with Gasteiger partial charge in [-0.25, -0.2) is 0 Å². The summed E-state index contributed by atoms with van der Waals surface area (Å²) >= 11 is 5.14. The first-order valence-electron chi connectivity index (χ1n) is 6.59. The normalized spacial score (nSPS) is 22.0. The highest BCUT2D eigenvalue weighted by molar-refractivity contribution is 9.10. The van der Waals surface area contributed by atoms with Gasteiger partial charge in [-0.3, -0.25) is 0 Å². The van der Waals surface area contributed by atoms with Gasteiger partial charge in [0.05, 0.1) is 0 Å². The van der Waals surface area contributed by atoms with Crippen molar-refractivity contribution < 1.29 is 0 Å². The zero-order valence-electron chi connectivity index (χ0n) is 10.8. The maximum atomic E-state index is 4.17. The van der Waals surface area contributed by atoms with E-state index in [2.05, 4.69) is 62.6 Å². The van der Waals surface area contributed by atoms with Gasteiger partial charge in [0.2, 0.25) is 5.13 Å². The Bertz CT molecular complexity index is 546. The lowest BCUT2D eigenvalue weighted by Gasteiger charge is -2.36. The van der Waals surface area contributed by atoms with E-state index in [0.717, 1.165) is 21.0 Å². The van der Waals surface area contributed by atoms with Gasteiger partial charge >= 0.3 is 0 Å². The van der Waals surface area contributed by atoms with Crippen LogP contribution in [0.2, 0.25) is 0 Å². The van der Waals surface area contributed by atoms with Gasteiger partial charge < -0.3 is 5.32 Å². The van der Waals surface area contributed by atoms with E-state index in [0.29, 0.717) is 12.0 Å². The number of aryl methyl sites for hydroxylation is 1. The van der Waals surface area contributed by atoms with Crippen molar-refractivity contribution in [1.82, 2.24) is 10.2 Å². The number of hydrogen-bond donors (Lipinski definition) is 1. The van der Waals surface area contributed by atoms with Crippen LogP contribution in [-0.2, 0) is 6.42 Å². The summed E-state index contributed by atoms with van der Waals surface area (Å²) in [4.78, 5) is 0. The maximum absolute atomic E-state index is 4.17. The highest BCUT2D eigenvalue weighted by atomic mass is 79.9. The molecule has 0 unspecified atom stereocenters. The molecule has 0 amide bonds. The first kappa shape index (κ1) is 13.1. The number of nitrogens with zero attached hydrogens (tertiary/aromatic N) is 2. The molecule has 0 bridgehead atoms. The standard InChI is InChI=1S/C14H16BrN3S/c1-2-13-17-18-14(19-13)16-12-7-10(8-12)9-3-5-11(15)6-4-9/h3-6,10,12H,2,7-8H2,1H3,(H,16,18). The molecule has 100 valence electrons. The molecule has 0 radical (unpaired) electrons. The van der Waals surface area contributed by atoms with Crippen LogP contribution in [0.25, 0.3) is 0 Å². The average molecular weight is 338 g/mol. The third kappa shape index (κ3) is 2.98. The summed E-state index contributed by atoms with van der Waals surface area (Å²) in [5.41, 5.74) is 1.44. The van der Waals surface area contributed by atoms with Crippen molar-refractivity contribution >= 4 is 32.4 Å². The van der Waals surface area contributed by atoms with Crippen molar-refractivity contribution in [3.05, 3.63) is 39.3 Å². The summed E-state index contributed by atoms with van der Waals surface area (Å²) in [5.74, 6) is 0.684. The molecule has 0 spiro atoms. The van der Waals surface area contributed by atoms with E-state index < -0.39 is 0 Å². The smallest absolute Gasteiger partial charge is 0.205 e. The highest BCUT2D eigenvalue weighted by Gasteiger charge is 2.30.